The first kappa shape index (κ1) is 22.6. The maximum Gasteiger partial charge on any atom is 0.330 e. The van der Waals surface area contributed by atoms with Gasteiger partial charge in [0.2, 0.25) is 0 Å². The van der Waals surface area contributed by atoms with Crippen LogP contribution < -0.4 is 4.74 Å². The van der Waals surface area contributed by atoms with Gasteiger partial charge in [0.25, 0.3) is 0 Å². The van der Waals surface area contributed by atoms with Crippen molar-refractivity contribution in [2.75, 3.05) is 13.7 Å². The molecule has 0 saturated heterocycles. The molecule has 1 aromatic carbocycles. The first-order valence-electron chi connectivity index (χ1n) is 10.8. The topological polar surface area (TPSA) is 52.8 Å². The van der Waals surface area contributed by atoms with Crippen LogP contribution in [-0.4, -0.2) is 29.1 Å². The van der Waals surface area contributed by atoms with Crippen molar-refractivity contribution in [2.24, 2.45) is 0 Å². The maximum absolute atomic E-state index is 11.7. The number of aromatic nitrogens is 2. The first-order valence-corrected chi connectivity index (χ1v) is 10.8. The minimum Gasteiger partial charge on any atom is -0.493 e. The minimum absolute atomic E-state index is 0.332. The first-order chi connectivity index (χ1) is 14.8. The highest BCUT2D eigenvalue weighted by atomic mass is 16.5. The molecule has 0 amide bonds. The van der Waals surface area contributed by atoms with Gasteiger partial charge in [-0.1, -0.05) is 33.8 Å². The van der Waals surface area contributed by atoms with E-state index in [0.29, 0.717) is 18.4 Å². The molecule has 0 saturated carbocycles. The summed E-state index contributed by atoms with van der Waals surface area (Å²) in [7, 11) is 1.38. The van der Waals surface area contributed by atoms with Crippen LogP contribution >= 0.6 is 0 Å². The summed E-state index contributed by atoms with van der Waals surface area (Å²) in [4.78, 5) is 16.3. The van der Waals surface area contributed by atoms with E-state index in [1.54, 1.807) is 0 Å². The summed E-state index contributed by atoms with van der Waals surface area (Å²) >= 11 is 0. The Balaban J connectivity index is 2.26. The third kappa shape index (κ3) is 4.66. The van der Waals surface area contributed by atoms with Crippen LogP contribution in [-0.2, 0) is 9.53 Å². The molecule has 2 heterocycles. The van der Waals surface area contributed by atoms with E-state index in [1.807, 2.05) is 38.4 Å². The summed E-state index contributed by atoms with van der Waals surface area (Å²) in [6, 6.07) is 8.41. The highest BCUT2D eigenvalue weighted by Gasteiger charge is 2.20. The molecule has 164 valence electrons. The average molecular weight is 421 g/mol. The zero-order chi connectivity index (χ0) is 22.7. The van der Waals surface area contributed by atoms with Crippen molar-refractivity contribution in [3.05, 3.63) is 59.4 Å². The number of rotatable bonds is 7. The fraction of sp³-hybridized carbons (Fsp3) is 0.385. The van der Waals surface area contributed by atoms with Gasteiger partial charge >= 0.3 is 5.97 Å². The second-order valence-corrected chi connectivity index (χ2v) is 8.37. The van der Waals surface area contributed by atoms with Gasteiger partial charge in [-0.3, -0.25) is 4.40 Å². The van der Waals surface area contributed by atoms with Crippen LogP contribution in [0.15, 0.2) is 42.7 Å². The van der Waals surface area contributed by atoms with Crippen LogP contribution in [0.25, 0.3) is 22.5 Å². The molecule has 0 spiro atoms. The van der Waals surface area contributed by atoms with E-state index in [0.717, 1.165) is 33.8 Å². The van der Waals surface area contributed by atoms with Crippen LogP contribution in [0.5, 0.6) is 5.75 Å². The number of esters is 1. The third-order valence-electron chi connectivity index (χ3n) is 5.49. The van der Waals surface area contributed by atoms with Gasteiger partial charge in [-0.05, 0) is 66.1 Å². The lowest BCUT2D eigenvalue weighted by Gasteiger charge is -2.20. The van der Waals surface area contributed by atoms with Gasteiger partial charge in [0.15, 0.2) is 0 Å². The smallest absolute Gasteiger partial charge is 0.330 e. The Morgan fingerprint density at radius 1 is 1.16 bits per heavy atom. The van der Waals surface area contributed by atoms with Crippen molar-refractivity contribution in [3.8, 4) is 17.0 Å². The third-order valence-corrected chi connectivity index (χ3v) is 5.49. The Kier molecular flexibility index (Phi) is 6.84. The number of ether oxygens (including phenoxy) is 2. The molecular weight excluding hydrogens is 388 g/mol. The van der Waals surface area contributed by atoms with Crippen LogP contribution in [0.4, 0.5) is 0 Å². The summed E-state index contributed by atoms with van der Waals surface area (Å²) in [5.74, 6) is 1.27. The highest BCUT2D eigenvalue weighted by Crippen LogP contribution is 2.40. The number of imidazole rings is 1. The fourth-order valence-electron chi connectivity index (χ4n) is 3.66. The Bertz CT molecular complexity index is 1120. The van der Waals surface area contributed by atoms with Gasteiger partial charge in [-0.25, -0.2) is 9.78 Å². The number of hydrogen-bond donors (Lipinski definition) is 0. The summed E-state index contributed by atoms with van der Waals surface area (Å²) in [5.41, 5.74) is 7.09. The van der Waals surface area contributed by atoms with Crippen LogP contribution in [0, 0.1) is 0 Å². The van der Waals surface area contributed by atoms with Crippen LogP contribution in [0.3, 0.4) is 0 Å². The summed E-state index contributed by atoms with van der Waals surface area (Å²) in [6.07, 6.45) is 5.41. The quantitative estimate of drug-likeness (QED) is 0.336. The fourth-order valence-corrected chi connectivity index (χ4v) is 3.66. The molecule has 0 atom stereocenters. The lowest BCUT2D eigenvalue weighted by Crippen LogP contribution is -2.04. The molecule has 0 aliphatic rings. The van der Waals surface area contributed by atoms with Gasteiger partial charge in [0, 0.05) is 17.8 Å². The number of benzene rings is 1. The molecule has 0 bridgehead atoms. The van der Waals surface area contributed by atoms with Crippen LogP contribution in [0.1, 0.15) is 70.1 Å². The number of carbonyl (C=O) groups is 1. The van der Waals surface area contributed by atoms with Crippen molar-refractivity contribution in [1.29, 1.82) is 0 Å². The minimum atomic E-state index is -0.367. The molecule has 5 heteroatoms. The molecule has 0 N–H and O–H groups in total. The summed E-state index contributed by atoms with van der Waals surface area (Å²) in [5, 5.41) is 0. The van der Waals surface area contributed by atoms with E-state index in [2.05, 4.69) is 49.2 Å². The van der Waals surface area contributed by atoms with Gasteiger partial charge in [-0.2, -0.15) is 0 Å². The summed E-state index contributed by atoms with van der Waals surface area (Å²) in [6.45, 7) is 13.3. The average Bonchev–Trinajstić information content (AvgIpc) is 3.16. The van der Waals surface area contributed by atoms with Gasteiger partial charge in [0.05, 0.1) is 25.6 Å². The molecule has 2 aromatic heterocycles. The van der Waals surface area contributed by atoms with E-state index < -0.39 is 0 Å². The maximum atomic E-state index is 11.7. The number of pyridine rings is 1. The van der Waals surface area contributed by atoms with Crippen molar-refractivity contribution in [1.82, 2.24) is 9.38 Å². The van der Waals surface area contributed by atoms with E-state index >= 15 is 0 Å². The van der Waals surface area contributed by atoms with Crippen molar-refractivity contribution in [2.45, 2.75) is 53.4 Å². The zero-order valence-electron chi connectivity index (χ0n) is 19.5. The molecule has 3 aromatic rings. The number of hydrogen-bond acceptors (Lipinski definition) is 4. The Morgan fingerprint density at radius 3 is 2.52 bits per heavy atom. The monoisotopic (exact) mass is 420 g/mol. The number of fused-ring (bicyclic) bond motifs is 1. The lowest BCUT2D eigenvalue weighted by atomic mass is 9.91. The number of methoxy groups -OCH3 is 1. The van der Waals surface area contributed by atoms with Crippen LogP contribution in [0.2, 0.25) is 0 Å². The molecule has 3 rings (SSSR count). The predicted molar refractivity (Wildman–Crippen MR) is 126 cm³/mol. The van der Waals surface area contributed by atoms with Crippen molar-refractivity contribution >= 4 is 17.2 Å². The molecule has 0 aliphatic heterocycles. The largest absolute Gasteiger partial charge is 0.493 e. The number of nitrogens with zero attached hydrogens (tertiary/aromatic N) is 2. The molecule has 0 radical (unpaired) electrons. The molecule has 0 aliphatic carbocycles. The molecule has 0 fully saturated rings. The highest BCUT2D eigenvalue weighted by molar-refractivity contribution is 5.90. The van der Waals surface area contributed by atoms with E-state index in [9.17, 15) is 4.79 Å². The molecule has 31 heavy (non-hydrogen) atoms. The van der Waals surface area contributed by atoms with E-state index in [-0.39, 0.29) is 5.97 Å². The predicted octanol–water partition coefficient (Wildman–Crippen LogP) is 6.22. The second-order valence-electron chi connectivity index (χ2n) is 8.37. The lowest BCUT2D eigenvalue weighted by molar-refractivity contribution is -0.134. The van der Waals surface area contributed by atoms with Gasteiger partial charge in [0.1, 0.15) is 11.4 Å². The Morgan fingerprint density at radius 2 is 1.90 bits per heavy atom. The second kappa shape index (κ2) is 9.38. The number of allylic oxidation sites excluding steroid dienone is 1. The standard InChI is InChI=1S/C26H32N2O3/c1-8-31-26-21(17(4)5)12-20(16(2)3)13-22(26)23-14-27-24-10-9-19(15-28(23)24)18(6)11-25(29)30-7/h9-17H,8H2,1-7H3/b18-11-. The molecule has 5 nitrogen and oxygen atoms in total. The van der Waals surface area contributed by atoms with E-state index in [4.69, 9.17) is 9.47 Å². The normalized spacial score (nSPS) is 12.1. The number of carbonyl (C=O) groups excluding carboxylic acids is 1. The zero-order valence-corrected chi connectivity index (χ0v) is 19.5. The van der Waals surface area contributed by atoms with Gasteiger partial charge < -0.3 is 9.47 Å². The van der Waals surface area contributed by atoms with Gasteiger partial charge in [-0.15, -0.1) is 0 Å². The van der Waals surface area contributed by atoms with Crippen molar-refractivity contribution in [3.63, 3.8) is 0 Å². The van der Waals surface area contributed by atoms with Crippen molar-refractivity contribution < 1.29 is 14.3 Å². The molecule has 0 unspecified atom stereocenters. The Labute approximate surface area is 184 Å². The molecular formula is C26H32N2O3. The Hall–Kier alpha value is -3.08. The summed E-state index contributed by atoms with van der Waals surface area (Å²) < 4.78 is 13.0. The SMILES string of the molecule is CCOc1c(-c2cnc3ccc(/C(C)=C\C(=O)OC)cn23)cc(C(C)C)cc1C(C)C. The van der Waals surface area contributed by atoms with E-state index in [1.165, 1.54) is 24.3 Å².